The standard InChI is InChI=1S/C20H20N4/c1-12-6-20-16(7-14(12)8-21)18(11-24(20)15-4-3-5-15)17-9-23-10-19(22)13(17)2/h6-7,9-11,15H,3-5,22H2,1-2H3. The summed E-state index contributed by atoms with van der Waals surface area (Å²) >= 11 is 0. The molecule has 4 rings (SSSR count). The Balaban J connectivity index is 2.04. The van der Waals surface area contributed by atoms with E-state index in [4.69, 9.17) is 5.73 Å². The smallest absolute Gasteiger partial charge is 0.0994 e. The van der Waals surface area contributed by atoms with Crippen LogP contribution in [0.2, 0.25) is 0 Å². The highest BCUT2D eigenvalue weighted by molar-refractivity contribution is 5.98. The third-order valence-electron chi connectivity index (χ3n) is 5.31. The first-order chi connectivity index (χ1) is 11.6. The van der Waals surface area contributed by atoms with Crippen LogP contribution >= 0.6 is 0 Å². The van der Waals surface area contributed by atoms with Crippen LogP contribution in [0, 0.1) is 25.2 Å². The SMILES string of the molecule is Cc1cc2c(cc1C#N)c(-c1cncc(N)c1C)cn2C1CCC1. The Bertz CT molecular complexity index is 987. The van der Waals surface area contributed by atoms with Crippen molar-refractivity contribution in [3.63, 3.8) is 0 Å². The molecule has 24 heavy (non-hydrogen) atoms. The number of hydrogen-bond donors (Lipinski definition) is 1. The highest BCUT2D eigenvalue weighted by Gasteiger charge is 2.24. The van der Waals surface area contributed by atoms with Crippen LogP contribution in [0.3, 0.4) is 0 Å². The largest absolute Gasteiger partial charge is 0.397 e. The number of nitriles is 1. The molecule has 0 unspecified atom stereocenters. The number of pyridine rings is 1. The summed E-state index contributed by atoms with van der Waals surface area (Å²) in [5.41, 5.74) is 12.9. The van der Waals surface area contributed by atoms with E-state index < -0.39 is 0 Å². The fraction of sp³-hybridized carbons (Fsp3) is 0.300. The highest BCUT2D eigenvalue weighted by atomic mass is 15.0. The van der Waals surface area contributed by atoms with Gasteiger partial charge in [0.2, 0.25) is 0 Å². The van der Waals surface area contributed by atoms with Gasteiger partial charge in [0.1, 0.15) is 0 Å². The van der Waals surface area contributed by atoms with Gasteiger partial charge in [0.25, 0.3) is 0 Å². The van der Waals surface area contributed by atoms with Crippen LogP contribution in [0.1, 0.15) is 42.0 Å². The number of fused-ring (bicyclic) bond motifs is 1. The van der Waals surface area contributed by atoms with Gasteiger partial charge < -0.3 is 10.3 Å². The van der Waals surface area contributed by atoms with Crippen LogP contribution in [0.15, 0.2) is 30.7 Å². The number of nitrogens with two attached hydrogens (primary N) is 1. The lowest BCUT2D eigenvalue weighted by Crippen LogP contribution is -2.15. The molecule has 1 aromatic carbocycles. The number of aryl methyl sites for hydroxylation is 1. The van der Waals surface area contributed by atoms with E-state index >= 15 is 0 Å². The molecule has 1 aliphatic carbocycles. The minimum absolute atomic E-state index is 0.558. The zero-order valence-electron chi connectivity index (χ0n) is 14.0. The number of nitrogens with zero attached hydrogens (tertiary/aromatic N) is 3. The maximum Gasteiger partial charge on any atom is 0.0994 e. The highest BCUT2D eigenvalue weighted by Crippen LogP contribution is 2.41. The molecule has 1 fully saturated rings. The zero-order chi connectivity index (χ0) is 16.8. The predicted octanol–water partition coefficient (Wildman–Crippen LogP) is 4.50. The molecule has 0 saturated heterocycles. The molecule has 0 amide bonds. The van der Waals surface area contributed by atoms with Crippen molar-refractivity contribution in [1.29, 1.82) is 5.26 Å². The summed E-state index contributed by atoms with van der Waals surface area (Å²) < 4.78 is 2.38. The summed E-state index contributed by atoms with van der Waals surface area (Å²) in [6.45, 7) is 4.03. The van der Waals surface area contributed by atoms with Crippen LogP contribution < -0.4 is 5.73 Å². The van der Waals surface area contributed by atoms with Crippen LogP contribution in [-0.2, 0) is 0 Å². The van der Waals surface area contributed by atoms with Gasteiger partial charge >= 0.3 is 0 Å². The first kappa shape index (κ1) is 14.8. The monoisotopic (exact) mass is 316 g/mol. The van der Waals surface area contributed by atoms with Gasteiger partial charge in [-0.1, -0.05) is 0 Å². The Kier molecular flexibility index (Phi) is 3.31. The number of anilines is 1. The Morgan fingerprint density at radius 2 is 2.00 bits per heavy atom. The van der Waals surface area contributed by atoms with E-state index in [0.29, 0.717) is 11.7 Å². The summed E-state index contributed by atoms with van der Waals surface area (Å²) in [6, 6.07) is 7.02. The lowest BCUT2D eigenvalue weighted by molar-refractivity contribution is 0.322. The quantitative estimate of drug-likeness (QED) is 0.757. The van der Waals surface area contributed by atoms with E-state index in [1.165, 1.54) is 24.8 Å². The lowest BCUT2D eigenvalue weighted by atomic mass is 9.93. The molecule has 1 aliphatic rings. The number of nitrogen functional groups attached to an aromatic ring is 1. The van der Waals surface area contributed by atoms with Crippen molar-refractivity contribution in [3.8, 4) is 17.2 Å². The molecule has 2 heterocycles. The van der Waals surface area contributed by atoms with E-state index in [9.17, 15) is 5.26 Å². The molecule has 3 aromatic rings. The van der Waals surface area contributed by atoms with E-state index in [1.807, 2.05) is 26.1 Å². The molecule has 0 bridgehead atoms. The molecule has 0 radical (unpaired) electrons. The maximum atomic E-state index is 9.42. The first-order valence-electron chi connectivity index (χ1n) is 8.36. The van der Waals surface area contributed by atoms with Crippen molar-refractivity contribution in [2.24, 2.45) is 0 Å². The van der Waals surface area contributed by atoms with E-state index in [-0.39, 0.29) is 0 Å². The molecule has 2 N–H and O–H groups in total. The summed E-state index contributed by atoms with van der Waals surface area (Å²) in [7, 11) is 0. The van der Waals surface area contributed by atoms with Gasteiger partial charge in [-0.05, 0) is 56.4 Å². The molecule has 2 aromatic heterocycles. The topological polar surface area (TPSA) is 67.6 Å². The van der Waals surface area contributed by atoms with Gasteiger partial charge in [0.15, 0.2) is 0 Å². The average Bonchev–Trinajstić information content (AvgIpc) is 2.86. The second-order valence-electron chi connectivity index (χ2n) is 6.73. The number of benzene rings is 1. The fourth-order valence-electron chi connectivity index (χ4n) is 3.52. The maximum absolute atomic E-state index is 9.42. The van der Waals surface area contributed by atoms with Gasteiger partial charge in [0.05, 0.1) is 23.5 Å². The molecule has 0 aliphatic heterocycles. The van der Waals surface area contributed by atoms with Crippen molar-refractivity contribution in [3.05, 3.63) is 47.4 Å². The third kappa shape index (κ3) is 2.09. The Labute approximate surface area is 141 Å². The third-order valence-corrected chi connectivity index (χ3v) is 5.31. The van der Waals surface area contributed by atoms with Crippen molar-refractivity contribution < 1.29 is 0 Å². The number of rotatable bonds is 2. The summed E-state index contributed by atoms with van der Waals surface area (Å²) in [6.07, 6.45) is 9.51. The average molecular weight is 316 g/mol. The van der Waals surface area contributed by atoms with Crippen molar-refractivity contribution in [2.75, 3.05) is 5.73 Å². The summed E-state index contributed by atoms with van der Waals surface area (Å²) in [4.78, 5) is 4.28. The van der Waals surface area contributed by atoms with E-state index in [1.54, 1.807) is 6.20 Å². The van der Waals surface area contributed by atoms with Crippen LogP contribution in [-0.4, -0.2) is 9.55 Å². The van der Waals surface area contributed by atoms with Gasteiger partial charge in [-0.25, -0.2) is 0 Å². The van der Waals surface area contributed by atoms with Crippen molar-refractivity contribution in [1.82, 2.24) is 9.55 Å². The zero-order valence-corrected chi connectivity index (χ0v) is 14.0. The first-order valence-corrected chi connectivity index (χ1v) is 8.36. The molecule has 4 nitrogen and oxygen atoms in total. The molecule has 0 spiro atoms. The van der Waals surface area contributed by atoms with Gasteiger partial charge in [-0.2, -0.15) is 5.26 Å². The van der Waals surface area contributed by atoms with Crippen LogP contribution in [0.5, 0.6) is 0 Å². The minimum atomic E-state index is 0.558. The number of hydrogen-bond acceptors (Lipinski definition) is 3. The normalized spacial score (nSPS) is 14.5. The van der Waals surface area contributed by atoms with Crippen molar-refractivity contribution >= 4 is 16.6 Å². The van der Waals surface area contributed by atoms with Gasteiger partial charge in [-0.15, -0.1) is 0 Å². The second-order valence-corrected chi connectivity index (χ2v) is 6.73. The van der Waals surface area contributed by atoms with E-state index in [2.05, 4.69) is 27.9 Å². The lowest BCUT2D eigenvalue weighted by Gasteiger charge is -2.28. The molecular formula is C20H20N4. The fourth-order valence-corrected chi connectivity index (χ4v) is 3.52. The van der Waals surface area contributed by atoms with Crippen LogP contribution in [0.4, 0.5) is 5.69 Å². The number of aromatic nitrogens is 2. The molecule has 4 heteroatoms. The predicted molar refractivity (Wildman–Crippen MR) is 96.7 cm³/mol. The molecular weight excluding hydrogens is 296 g/mol. The van der Waals surface area contributed by atoms with Crippen LogP contribution in [0.25, 0.3) is 22.0 Å². The summed E-state index contributed by atoms with van der Waals surface area (Å²) in [5, 5.41) is 10.5. The van der Waals surface area contributed by atoms with E-state index in [0.717, 1.165) is 33.2 Å². The molecule has 0 atom stereocenters. The molecule has 120 valence electrons. The minimum Gasteiger partial charge on any atom is -0.397 e. The van der Waals surface area contributed by atoms with Crippen molar-refractivity contribution in [2.45, 2.75) is 39.2 Å². The Hall–Kier alpha value is -2.80. The van der Waals surface area contributed by atoms with Gasteiger partial charge in [-0.3, -0.25) is 4.98 Å². The molecule has 1 saturated carbocycles. The Morgan fingerprint density at radius 1 is 1.21 bits per heavy atom. The Morgan fingerprint density at radius 3 is 2.67 bits per heavy atom. The second kappa shape index (κ2) is 5.38. The van der Waals surface area contributed by atoms with Gasteiger partial charge in [0, 0.05) is 40.5 Å². The summed E-state index contributed by atoms with van der Waals surface area (Å²) in [5.74, 6) is 0.